The van der Waals surface area contributed by atoms with Crippen LogP contribution in [0.2, 0.25) is 0 Å². The summed E-state index contributed by atoms with van der Waals surface area (Å²) in [7, 11) is 3.49. The molecule has 2 aliphatic rings. The number of piperazine rings is 1. The lowest BCUT2D eigenvalue weighted by Crippen LogP contribution is -2.61. The zero-order chi connectivity index (χ0) is 25.2. The number of nitrogens with zero attached hydrogens (tertiary/aromatic N) is 4. The Balaban J connectivity index is 1.45. The minimum absolute atomic E-state index is 0.0412. The summed E-state index contributed by atoms with van der Waals surface area (Å²) in [5.74, 6) is 0.554. The summed E-state index contributed by atoms with van der Waals surface area (Å²) in [5, 5.41) is 11.4. The molecule has 0 aromatic heterocycles. The van der Waals surface area contributed by atoms with Gasteiger partial charge in [-0.3, -0.25) is 14.9 Å². The summed E-state index contributed by atoms with van der Waals surface area (Å²) >= 11 is 0. The maximum Gasteiger partial charge on any atom is 0.269 e. The third kappa shape index (κ3) is 4.58. The fourth-order valence-electron chi connectivity index (χ4n) is 5.45. The number of ether oxygens (including phenoxy) is 1. The van der Waals surface area contributed by atoms with E-state index in [1.807, 2.05) is 67.7 Å². The Bertz CT molecular complexity index is 1250. The van der Waals surface area contributed by atoms with Crippen LogP contribution in [0.5, 0.6) is 5.75 Å². The van der Waals surface area contributed by atoms with Crippen molar-refractivity contribution in [3.8, 4) is 5.75 Å². The third-order valence-electron chi connectivity index (χ3n) is 7.30. The number of carbonyl (C=O) groups excluding carboxylic acids is 1. The van der Waals surface area contributed by atoms with E-state index < -0.39 is 0 Å². The molecule has 2 aliphatic heterocycles. The Kier molecular flexibility index (Phi) is 6.50. The monoisotopic (exact) mass is 486 g/mol. The van der Waals surface area contributed by atoms with Gasteiger partial charge in [-0.05, 0) is 47.9 Å². The van der Waals surface area contributed by atoms with E-state index in [4.69, 9.17) is 4.74 Å². The highest BCUT2D eigenvalue weighted by Crippen LogP contribution is 2.39. The van der Waals surface area contributed by atoms with Gasteiger partial charge in [-0.2, -0.15) is 0 Å². The van der Waals surface area contributed by atoms with Crippen molar-refractivity contribution in [2.45, 2.75) is 19.0 Å². The van der Waals surface area contributed by atoms with Gasteiger partial charge >= 0.3 is 0 Å². The maximum atomic E-state index is 13.8. The summed E-state index contributed by atoms with van der Waals surface area (Å²) in [5.41, 5.74) is 4.09. The average molecular weight is 487 g/mol. The minimum atomic E-state index is -0.369. The van der Waals surface area contributed by atoms with Crippen LogP contribution in [0.4, 0.5) is 17.1 Å². The van der Waals surface area contributed by atoms with Crippen molar-refractivity contribution in [1.29, 1.82) is 0 Å². The third-order valence-corrected chi connectivity index (χ3v) is 7.30. The van der Waals surface area contributed by atoms with E-state index >= 15 is 0 Å². The Morgan fingerprint density at radius 2 is 1.83 bits per heavy atom. The Labute approximate surface area is 210 Å². The molecule has 186 valence electrons. The molecule has 2 atom stereocenters. The average Bonchev–Trinajstić information content (AvgIpc) is 2.92. The molecule has 8 nitrogen and oxygen atoms in total. The van der Waals surface area contributed by atoms with Gasteiger partial charge < -0.3 is 19.4 Å². The zero-order valence-electron chi connectivity index (χ0n) is 20.5. The number of rotatable bonds is 6. The topological polar surface area (TPSA) is 79.2 Å². The molecule has 1 fully saturated rings. The van der Waals surface area contributed by atoms with E-state index in [-0.39, 0.29) is 28.5 Å². The summed E-state index contributed by atoms with van der Waals surface area (Å²) in [6, 6.07) is 22.9. The molecule has 0 N–H and O–H groups in total. The van der Waals surface area contributed by atoms with Gasteiger partial charge in [0.1, 0.15) is 5.75 Å². The molecule has 36 heavy (non-hydrogen) atoms. The van der Waals surface area contributed by atoms with Crippen LogP contribution in [0, 0.1) is 16.0 Å². The number of methoxy groups -OCH3 is 1. The van der Waals surface area contributed by atoms with E-state index in [0.717, 1.165) is 41.3 Å². The van der Waals surface area contributed by atoms with Crippen LogP contribution in [0.1, 0.15) is 11.1 Å². The molecular formula is C28H30N4O4. The Morgan fingerprint density at radius 1 is 1.08 bits per heavy atom. The lowest BCUT2D eigenvalue weighted by atomic mass is 9.82. The number of hydrogen-bond acceptors (Lipinski definition) is 6. The van der Waals surface area contributed by atoms with Crippen molar-refractivity contribution >= 4 is 23.0 Å². The number of benzene rings is 3. The van der Waals surface area contributed by atoms with Crippen molar-refractivity contribution in [1.82, 2.24) is 4.90 Å². The lowest BCUT2D eigenvalue weighted by Gasteiger charge is -2.50. The van der Waals surface area contributed by atoms with Crippen molar-refractivity contribution in [2.24, 2.45) is 5.92 Å². The molecule has 1 saturated heterocycles. The van der Waals surface area contributed by atoms with Crippen molar-refractivity contribution in [3.63, 3.8) is 0 Å². The van der Waals surface area contributed by atoms with Gasteiger partial charge in [-0.15, -0.1) is 0 Å². The molecule has 0 aliphatic carbocycles. The first-order valence-corrected chi connectivity index (χ1v) is 12.2. The van der Waals surface area contributed by atoms with E-state index in [1.54, 1.807) is 24.1 Å². The first-order valence-electron chi connectivity index (χ1n) is 12.2. The van der Waals surface area contributed by atoms with Gasteiger partial charge in [0, 0.05) is 56.7 Å². The summed E-state index contributed by atoms with van der Waals surface area (Å²) in [6.07, 6.45) is 0.479. The molecule has 8 heteroatoms. The minimum Gasteiger partial charge on any atom is -0.497 e. The van der Waals surface area contributed by atoms with E-state index in [9.17, 15) is 14.9 Å². The summed E-state index contributed by atoms with van der Waals surface area (Å²) < 4.78 is 5.31. The summed E-state index contributed by atoms with van der Waals surface area (Å²) in [4.78, 5) is 31.3. The van der Waals surface area contributed by atoms with Gasteiger partial charge in [0.2, 0.25) is 5.91 Å². The first-order chi connectivity index (χ1) is 17.4. The quantitative estimate of drug-likeness (QED) is 0.385. The molecule has 0 saturated carbocycles. The molecule has 0 spiro atoms. The molecule has 0 radical (unpaired) electrons. The molecule has 3 aromatic carbocycles. The molecule has 3 aromatic rings. The Hall–Kier alpha value is -4.07. The summed E-state index contributed by atoms with van der Waals surface area (Å²) in [6.45, 7) is 2.74. The second-order valence-corrected chi connectivity index (χ2v) is 9.47. The fourth-order valence-corrected chi connectivity index (χ4v) is 5.45. The number of carbonyl (C=O) groups is 1. The largest absolute Gasteiger partial charge is 0.497 e. The van der Waals surface area contributed by atoms with Gasteiger partial charge in [-0.25, -0.2) is 0 Å². The zero-order valence-corrected chi connectivity index (χ0v) is 20.5. The first kappa shape index (κ1) is 23.7. The maximum absolute atomic E-state index is 13.8. The van der Waals surface area contributed by atoms with E-state index in [2.05, 4.69) is 9.80 Å². The van der Waals surface area contributed by atoms with Crippen molar-refractivity contribution in [2.75, 3.05) is 43.6 Å². The lowest BCUT2D eigenvalue weighted by molar-refractivity contribution is -0.384. The SMILES string of the molecule is COc1ccc(N2CCN3c4ccc([N+](=O)[O-])cc4CC(C(=O)N(C)Cc4ccccc4)C3C2)cc1. The van der Waals surface area contributed by atoms with Crippen LogP contribution < -0.4 is 14.5 Å². The fraction of sp³-hybridized carbons (Fsp3) is 0.321. The molecule has 2 heterocycles. The highest BCUT2D eigenvalue weighted by Gasteiger charge is 2.43. The smallest absolute Gasteiger partial charge is 0.269 e. The van der Waals surface area contributed by atoms with Gasteiger partial charge in [0.15, 0.2) is 0 Å². The highest BCUT2D eigenvalue weighted by atomic mass is 16.6. The van der Waals surface area contributed by atoms with Crippen LogP contribution >= 0.6 is 0 Å². The predicted molar refractivity (Wildman–Crippen MR) is 140 cm³/mol. The van der Waals surface area contributed by atoms with Gasteiger partial charge in [0.25, 0.3) is 5.69 Å². The molecule has 1 amide bonds. The number of amides is 1. The van der Waals surface area contributed by atoms with Crippen LogP contribution in [0.25, 0.3) is 0 Å². The molecule has 0 bridgehead atoms. The van der Waals surface area contributed by atoms with Crippen LogP contribution in [0.3, 0.4) is 0 Å². The van der Waals surface area contributed by atoms with Crippen LogP contribution in [-0.4, -0.2) is 55.6 Å². The van der Waals surface area contributed by atoms with Crippen LogP contribution in [0.15, 0.2) is 72.8 Å². The van der Waals surface area contributed by atoms with E-state index in [1.165, 1.54) is 0 Å². The number of fused-ring (bicyclic) bond motifs is 3. The number of nitro groups is 1. The van der Waals surface area contributed by atoms with Gasteiger partial charge in [-0.1, -0.05) is 30.3 Å². The normalized spacial score (nSPS) is 18.7. The highest BCUT2D eigenvalue weighted by molar-refractivity contribution is 5.82. The molecule has 5 rings (SSSR count). The number of nitro benzene ring substituents is 1. The van der Waals surface area contributed by atoms with Gasteiger partial charge in [0.05, 0.1) is 24.0 Å². The Morgan fingerprint density at radius 3 is 2.53 bits per heavy atom. The van der Waals surface area contributed by atoms with E-state index in [0.29, 0.717) is 19.5 Å². The predicted octanol–water partition coefficient (Wildman–Crippen LogP) is 4.13. The standard InChI is InChI=1S/C28H30N4O4/c1-29(18-20-6-4-3-5-7-20)28(33)25-17-21-16-23(32(34)35)10-13-26(21)31-15-14-30(19-27(25)31)22-8-11-24(36-2)12-9-22/h3-13,16,25,27H,14-15,17-19H2,1-2H3. The van der Waals surface area contributed by atoms with Crippen molar-refractivity contribution in [3.05, 3.63) is 94.0 Å². The number of non-ortho nitro benzene ring substituents is 1. The second-order valence-electron chi connectivity index (χ2n) is 9.47. The number of hydrogen-bond donors (Lipinski definition) is 0. The van der Waals surface area contributed by atoms with Crippen molar-refractivity contribution < 1.29 is 14.5 Å². The molecular weight excluding hydrogens is 456 g/mol. The van der Waals surface area contributed by atoms with Crippen LogP contribution in [-0.2, 0) is 17.8 Å². The molecule has 2 unspecified atom stereocenters. The number of anilines is 2. The second kappa shape index (κ2) is 9.89.